The van der Waals surface area contributed by atoms with Gasteiger partial charge in [-0.2, -0.15) is 0 Å². The second-order valence-corrected chi connectivity index (χ2v) is 3.93. The number of nitrogens with one attached hydrogen (secondary N) is 3. The predicted octanol–water partition coefficient (Wildman–Crippen LogP) is 0.740. The minimum atomic E-state index is -0.456. The van der Waals surface area contributed by atoms with Crippen molar-refractivity contribution in [2.75, 3.05) is 14.2 Å². The summed E-state index contributed by atoms with van der Waals surface area (Å²) in [6, 6.07) is 5.33. The maximum atomic E-state index is 11.7. The molecule has 6 nitrogen and oxygen atoms in total. The summed E-state index contributed by atoms with van der Waals surface area (Å²) in [4.78, 5) is 11.7. The van der Waals surface area contributed by atoms with Gasteiger partial charge in [0.2, 0.25) is 0 Å². The third-order valence-corrected chi connectivity index (χ3v) is 2.75. The molecule has 0 spiro atoms. The zero-order valence-corrected chi connectivity index (χ0v) is 10.7. The first-order valence-corrected chi connectivity index (χ1v) is 5.69. The topological polar surface area (TPSA) is 83.4 Å². The lowest BCUT2D eigenvalue weighted by Gasteiger charge is -2.08. The number of amides is 1. The van der Waals surface area contributed by atoms with Gasteiger partial charge in [0.15, 0.2) is 0 Å². The highest BCUT2D eigenvalue weighted by atomic mass is 16.5. The predicted molar refractivity (Wildman–Crippen MR) is 71.4 cm³/mol. The molecule has 1 aliphatic heterocycles. The SMILES string of the molecule is COc1ccc(/C=C2\NC(C=N)NC2=O)c(OC)c1. The summed E-state index contributed by atoms with van der Waals surface area (Å²) in [5.74, 6) is 1.05. The molecular weight excluding hydrogens is 246 g/mol. The standard InChI is InChI=1S/C13H15N3O3/c1-18-9-4-3-8(11(6-9)19-2)5-10-13(17)16-12(7-14)15-10/h3-7,12,14-15H,1-2H3,(H,16,17)/b10-5-,14-7?. The molecule has 1 heterocycles. The third-order valence-electron chi connectivity index (χ3n) is 2.75. The van der Waals surface area contributed by atoms with E-state index in [1.807, 2.05) is 0 Å². The van der Waals surface area contributed by atoms with E-state index < -0.39 is 6.17 Å². The molecule has 1 aromatic carbocycles. The Kier molecular flexibility index (Phi) is 3.70. The summed E-state index contributed by atoms with van der Waals surface area (Å²) in [5, 5.41) is 12.6. The van der Waals surface area contributed by atoms with Crippen molar-refractivity contribution in [3.8, 4) is 11.5 Å². The quantitative estimate of drug-likeness (QED) is 0.551. The van der Waals surface area contributed by atoms with Crippen molar-refractivity contribution < 1.29 is 14.3 Å². The average molecular weight is 261 g/mol. The van der Waals surface area contributed by atoms with Crippen molar-refractivity contribution >= 4 is 18.2 Å². The molecule has 3 N–H and O–H groups in total. The van der Waals surface area contributed by atoms with E-state index in [2.05, 4.69) is 10.6 Å². The van der Waals surface area contributed by atoms with Crippen LogP contribution in [0.4, 0.5) is 0 Å². The second kappa shape index (κ2) is 5.43. The van der Waals surface area contributed by atoms with Gasteiger partial charge in [-0.3, -0.25) is 4.79 Å². The van der Waals surface area contributed by atoms with E-state index in [0.717, 1.165) is 11.8 Å². The lowest BCUT2D eigenvalue weighted by Crippen LogP contribution is -2.32. The monoisotopic (exact) mass is 261 g/mol. The molecule has 100 valence electrons. The minimum Gasteiger partial charge on any atom is -0.497 e. The zero-order valence-electron chi connectivity index (χ0n) is 10.7. The van der Waals surface area contributed by atoms with Gasteiger partial charge < -0.3 is 25.5 Å². The summed E-state index contributed by atoms with van der Waals surface area (Å²) in [7, 11) is 3.13. The molecule has 0 aliphatic carbocycles. The van der Waals surface area contributed by atoms with Crippen LogP contribution < -0.4 is 20.1 Å². The number of benzene rings is 1. The lowest BCUT2D eigenvalue weighted by atomic mass is 10.1. The molecular formula is C13H15N3O3. The van der Waals surface area contributed by atoms with Crippen molar-refractivity contribution in [3.05, 3.63) is 29.5 Å². The van der Waals surface area contributed by atoms with Crippen LogP contribution in [0.15, 0.2) is 23.9 Å². The number of hydrogen-bond donors (Lipinski definition) is 3. The van der Waals surface area contributed by atoms with Crippen LogP contribution in [0.5, 0.6) is 11.5 Å². The molecule has 0 saturated carbocycles. The van der Waals surface area contributed by atoms with E-state index in [-0.39, 0.29) is 5.91 Å². The van der Waals surface area contributed by atoms with Crippen molar-refractivity contribution in [2.45, 2.75) is 6.17 Å². The van der Waals surface area contributed by atoms with E-state index in [0.29, 0.717) is 17.2 Å². The highest BCUT2D eigenvalue weighted by Crippen LogP contribution is 2.26. The molecule has 1 amide bonds. The van der Waals surface area contributed by atoms with E-state index in [9.17, 15) is 4.79 Å². The molecule has 0 aromatic heterocycles. The van der Waals surface area contributed by atoms with Crippen LogP contribution in [-0.4, -0.2) is 32.5 Å². The van der Waals surface area contributed by atoms with Crippen molar-refractivity contribution in [2.24, 2.45) is 0 Å². The Bertz CT molecular complexity index is 540. The van der Waals surface area contributed by atoms with Gasteiger partial charge in [0.25, 0.3) is 5.91 Å². The largest absolute Gasteiger partial charge is 0.497 e. The lowest BCUT2D eigenvalue weighted by molar-refractivity contribution is -0.116. The zero-order chi connectivity index (χ0) is 13.8. The molecule has 1 atom stereocenters. The Hall–Kier alpha value is -2.50. The van der Waals surface area contributed by atoms with Gasteiger partial charge in [-0.05, 0) is 18.2 Å². The van der Waals surface area contributed by atoms with Crippen molar-refractivity contribution in [3.63, 3.8) is 0 Å². The third kappa shape index (κ3) is 2.67. The summed E-state index contributed by atoms with van der Waals surface area (Å²) >= 11 is 0. The number of methoxy groups -OCH3 is 2. The van der Waals surface area contributed by atoms with Crippen LogP contribution in [0.2, 0.25) is 0 Å². The molecule has 1 saturated heterocycles. The van der Waals surface area contributed by atoms with Crippen molar-refractivity contribution in [1.29, 1.82) is 5.41 Å². The number of ether oxygens (including phenoxy) is 2. The maximum absolute atomic E-state index is 11.7. The Morgan fingerprint density at radius 1 is 1.26 bits per heavy atom. The summed E-state index contributed by atoms with van der Waals surface area (Å²) in [5.41, 5.74) is 1.16. The smallest absolute Gasteiger partial charge is 0.269 e. The molecule has 1 unspecified atom stereocenters. The van der Waals surface area contributed by atoms with E-state index in [1.54, 1.807) is 38.5 Å². The fourth-order valence-electron chi connectivity index (χ4n) is 1.77. The Labute approximate surface area is 110 Å². The van der Waals surface area contributed by atoms with Gasteiger partial charge >= 0.3 is 0 Å². The van der Waals surface area contributed by atoms with E-state index >= 15 is 0 Å². The first kappa shape index (κ1) is 12.9. The number of carbonyl (C=O) groups is 1. The van der Waals surface area contributed by atoms with Crippen LogP contribution in [0.1, 0.15) is 5.56 Å². The van der Waals surface area contributed by atoms with Gasteiger partial charge in [-0.25, -0.2) is 0 Å². The fraction of sp³-hybridized carbons (Fsp3) is 0.231. The molecule has 2 rings (SSSR count). The Morgan fingerprint density at radius 3 is 2.63 bits per heavy atom. The first-order valence-electron chi connectivity index (χ1n) is 5.69. The van der Waals surface area contributed by atoms with Crippen LogP contribution in [0.25, 0.3) is 6.08 Å². The molecule has 1 fully saturated rings. The highest BCUT2D eigenvalue weighted by Gasteiger charge is 2.23. The minimum absolute atomic E-state index is 0.244. The molecule has 0 bridgehead atoms. The Morgan fingerprint density at radius 2 is 2.05 bits per heavy atom. The maximum Gasteiger partial charge on any atom is 0.269 e. The summed E-state index contributed by atoms with van der Waals surface area (Å²) in [6.45, 7) is 0. The fourth-order valence-corrected chi connectivity index (χ4v) is 1.77. The van der Waals surface area contributed by atoms with Crippen LogP contribution in [0.3, 0.4) is 0 Å². The molecule has 19 heavy (non-hydrogen) atoms. The van der Waals surface area contributed by atoms with Crippen LogP contribution in [-0.2, 0) is 4.79 Å². The van der Waals surface area contributed by atoms with E-state index in [1.165, 1.54) is 0 Å². The van der Waals surface area contributed by atoms with Crippen molar-refractivity contribution in [1.82, 2.24) is 10.6 Å². The number of rotatable bonds is 4. The molecule has 1 aliphatic rings. The second-order valence-electron chi connectivity index (χ2n) is 3.93. The van der Waals surface area contributed by atoms with Gasteiger partial charge in [-0.1, -0.05) is 0 Å². The van der Waals surface area contributed by atoms with Gasteiger partial charge in [0, 0.05) is 17.8 Å². The summed E-state index contributed by atoms with van der Waals surface area (Å²) < 4.78 is 10.4. The number of hydrogen-bond acceptors (Lipinski definition) is 5. The van der Waals surface area contributed by atoms with Crippen LogP contribution in [0, 0.1) is 5.41 Å². The molecule has 0 radical (unpaired) electrons. The van der Waals surface area contributed by atoms with Gasteiger partial charge in [0.1, 0.15) is 23.4 Å². The Balaban J connectivity index is 2.32. The number of carbonyl (C=O) groups excluding carboxylic acids is 1. The average Bonchev–Trinajstić information content (AvgIpc) is 2.80. The van der Waals surface area contributed by atoms with Gasteiger partial charge in [0.05, 0.1) is 14.2 Å². The first-order chi connectivity index (χ1) is 9.17. The molecule has 6 heteroatoms. The highest BCUT2D eigenvalue weighted by molar-refractivity contribution is 6.01. The normalized spacial score (nSPS) is 19.8. The molecule has 1 aromatic rings. The van der Waals surface area contributed by atoms with E-state index in [4.69, 9.17) is 14.9 Å². The van der Waals surface area contributed by atoms with Crippen LogP contribution >= 0.6 is 0 Å². The van der Waals surface area contributed by atoms with Gasteiger partial charge in [-0.15, -0.1) is 0 Å². The summed E-state index contributed by atoms with van der Waals surface area (Å²) in [6.07, 6.45) is 2.35.